The maximum atomic E-state index is 12.0. The maximum absolute atomic E-state index is 12.0. The van der Waals surface area contributed by atoms with Crippen molar-refractivity contribution in [3.63, 3.8) is 0 Å². The summed E-state index contributed by atoms with van der Waals surface area (Å²) < 4.78 is 2.57. The highest BCUT2D eigenvalue weighted by Gasteiger charge is 2.13. The van der Waals surface area contributed by atoms with Gasteiger partial charge in [0, 0.05) is 4.47 Å². The first-order chi connectivity index (χ1) is 8.49. The molecule has 0 fully saturated rings. The zero-order chi connectivity index (χ0) is 13.3. The van der Waals surface area contributed by atoms with Crippen molar-refractivity contribution < 1.29 is 0 Å². The molecule has 5 heteroatoms. The Kier molecular flexibility index (Phi) is 3.61. The molecule has 0 amide bonds. The van der Waals surface area contributed by atoms with Crippen LogP contribution in [0.25, 0.3) is 0 Å². The summed E-state index contributed by atoms with van der Waals surface area (Å²) in [7, 11) is 0. The number of halogens is 1. The van der Waals surface area contributed by atoms with Gasteiger partial charge in [-0.1, -0.05) is 41.9 Å². The van der Waals surface area contributed by atoms with Crippen LogP contribution >= 0.6 is 15.9 Å². The molecule has 1 heterocycles. The number of H-pyrrole nitrogens is 1. The van der Waals surface area contributed by atoms with Gasteiger partial charge in [-0.2, -0.15) is 0 Å². The van der Waals surface area contributed by atoms with Gasteiger partial charge in [-0.05, 0) is 23.6 Å². The third kappa shape index (κ3) is 2.51. The van der Waals surface area contributed by atoms with Gasteiger partial charge in [0.15, 0.2) is 0 Å². The van der Waals surface area contributed by atoms with Gasteiger partial charge in [0.25, 0.3) is 5.56 Å². The van der Waals surface area contributed by atoms with E-state index < -0.39 is 0 Å². The number of rotatable bonds is 3. The molecule has 0 saturated carbocycles. The zero-order valence-corrected chi connectivity index (χ0v) is 12.0. The molecule has 0 saturated heterocycles. The fourth-order valence-electron chi connectivity index (χ4n) is 1.84. The molecule has 0 aliphatic heterocycles. The minimum absolute atomic E-state index is 0.151. The molecule has 0 atom stereocenters. The minimum Gasteiger partial charge on any atom is -0.393 e. The zero-order valence-electron chi connectivity index (χ0n) is 10.4. The Morgan fingerprint density at radius 1 is 1.33 bits per heavy atom. The highest BCUT2D eigenvalue weighted by atomic mass is 79.9. The molecule has 3 N–H and O–H groups in total. The van der Waals surface area contributed by atoms with E-state index in [9.17, 15) is 4.79 Å². The van der Waals surface area contributed by atoms with Crippen LogP contribution in [0.4, 0.5) is 5.69 Å². The molecule has 1 aromatic heterocycles. The molecule has 0 bridgehead atoms. The van der Waals surface area contributed by atoms with Gasteiger partial charge in [0.2, 0.25) is 0 Å². The number of aromatic amines is 1. The summed E-state index contributed by atoms with van der Waals surface area (Å²) in [6.45, 7) is 4.51. The predicted octanol–water partition coefficient (Wildman–Crippen LogP) is 2.69. The fraction of sp³-hybridized carbons (Fsp3) is 0.308. The van der Waals surface area contributed by atoms with Crippen LogP contribution in [0.2, 0.25) is 0 Å². The Labute approximate surface area is 114 Å². The topological polar surface area (TPSA) is 63.8 Å². The highest BCUT2D eigenvalue weighted by Crippen LogP contribution is 2.16. The van der Waals surface area contributed by atoms with E-state index in [0.29, 0.717) is 12.2 Å². The minimum atomic E-state index is -0.151. The van der Waals surface area contributed by atoms with Crippen LogP contribution < -0.4 is 11.3 Å². The number of nitrogens with zero attached hydrogens (tertiary/aromatic N) is 1. The average Bonchev–Trinajstić information content (AvgIpc) is 2.60. The largest absolute Gasteiger partial charge is 0.393 e. The lowest BCUT2D eigenvalue weighted by atomic mass is 10.1. The SMILES string of the molecule is CC(C)c1[nH]n(Cc2ccc(Br)cc2)c(=O)c1N. The third-order valence-electron chi connectivity index (χ3n) is 2.85. The van der Waals surface area contributed by atoms with Gasteiger partial charge in [-0.15, -0.1) is 0 Å². The molecule has 2 rings (SSSR count). The van der Waals surface area contributed by atoms with Crippen molar-refractivity contribution in [3.8, 4) is 0 Å². The van der Waals surface area contributed by atoms with Gasteiger partial charge in [0.1, 0.15) is 5.69 Å². The van der Waals surface area contributed by atoms with Crippen LogP contribution in [0.15, 0.2) is 33.5 Å². The van der Waals surface area contributed by atoms with Gasteiger partial charge >= 0.3 is 0 Å². The van der Waals surface area contributed by atoms with Crippen molar-refractivity contribution >= 4 is 21.6 Å². The first-order valence-corrected chi connectivity index (χ1v) is 6.61. The summed E-state index contributed by atoms with van der Waals surface area (Å²) >= 11 is 3.38. The molecular weight excluding hydrogens is 294 g/mol. The van der Waals surface area contributed by atoms with Crippen LogP contribution in [-0.2, 0) is 6.54 Å². The van der Waals surface area contributed by atoms with E-state index in [4.69, 9.17) is 5.73 Å². The van der Waals surface area contributed by atoms with E-state index in [1.165, 1.54) is 0 Å². The molecule has 2 aromatic rings. The van der Waals surface area contributed by atoms with Gasteiger partial charge in [-0.25, -0.2) is 4.68 Å². The second kappa shape index (κ2) is 5.02. The predicted molar refractivity (Wildman–Crippen MR) is 76.8 cm³/mol. The molecule has 0 spiro atoms. The van der Waals surface area contributed by atoms with Crippen LogP contribution in [-0.4, -0.2) is 9.78 Å². The number of aromatic nitrogens is 2. The molecule has 0 aliphatic carbocycles. The lowest BCUT2D eigenvalue weighted by Crippen LogP contribution is -2.19. The fourth-order valence-corrected chi connectivity index (χ4v) is 2.11. The Balaban J connectivity index is 2.32. The number of nitrogen functional groups attached to an aromatic ring is 1. The average molecular weight is 310 g/mol. The molecule has 0 aliphatic rings. The summed E-state index contributed by atoms with van der Waals surface area (Å²) in [4.78, 5) is 12.0. The van der Waals surface area contributed by atoms with E-state index in [-0.39, 0.29) is 11.5 Å². The lowest BCUT2D eigenvalue weighted by Gasteiger charge is -2.04. The van der Waals surface area contributed by atoms with Crippen LogP contribution in [0.1, 0.15) is 31.0 Å². The normalized spacial score (nSPS) is 11.1. The molecule has 4 nitrogen and oxygen atoms in total. The maximum Gasteiger partial charge on any atom is 0.290 e. The summed E-state index contributed by atoms with van der Waals surface area (Å²) in [6.07, 6.45) is 0. The Hall–Kier alpha value is -1.49. The number of anilines is 1. The quantitative estimate of drug-likeness (QED) is 0.915. The first kappa shape index (κ1) is 13.0. The van der Waals surface area contributed by atoms with Crippen LogP contribution in [0, 0.1) is 0 Å². The number of nitrogens with one attached hydrogen (secondary N) is 1. The summed E-state index contributed by atoms with van der Waals surface area (Å²) in [5.41, 5.74) is 7.84. The molecule has 1 aromatic carbocycles. The van der Waals surface area contributed by atoms with E-state index >= 15 is 0 Å². The number of hydrogen-bond acceptors (Lipinski definition) is 2. The third-order valence-corrected chi connectivity index (χ3v) is 3.38. The summed E-state index contributed by atoms with van der Waals surface area (Å²) in [5.74, 6) is 0.212. The molecule has 0 radical (unpaired) electrons. The van der Waals surface area contributed by atoms with E-state index in [1.54, 1.807) is 4.68 Å². The van der Waals surface area contributed by atoms with Crippen molar-refractivity contribution in [2.75, 3.05) is 5.73 Å². The molecular formula is C13H16BrN3O. The van der Waals surface area contributed by atoms with Crippen LogP contribution in [0.5, 0.6) is 0 Å². The Morgan fingerprint density at radius 3 is 2.44 bits per heavy atom. The first-order valence-electron chi connectivity index (χ1n) is 5.81. The number of nitrogens with two attached hydrogens (primary N) is 1. The molecule has 0 unspecified atom stereocenters. The Bertz CT molecular complexity index is 596. The second-order valence-corrected chi connectivity index (χ2v) is 5.53. The number of benzene rings is 1. The monoisotopic (exact) mass is 309 g/mol. The van der Waals surface area contributed by atoms with Crippen molar-refractivity contribution in [3.05, 3.63) is 50.3 Å². The van der Waals surface area contributed by atoms with Gasteiger partial charge in [-0.3, -0.25) is 9.89 Å². The van der Waals surface area contributed by atoms with Gasteiger partial charge < -0.3 is 5.73 Å². The lowest BCUT2D eigenvalue weighted by molar-refractivity contribution is 0.640. The standard InChI is InChI=1S/C13H16BrN3O/c1-8(2)12-11(15)13(18)17(16-12)7-9-3-5-10(14)6-4-9/h3-6,8,16H,7,15H2,1-2H3. The van der Waals surface area contributed by atoms with Crippen molar-refractivity contribution in [1.29, 1.82) is 0 Å². The summed E-state index contributed by atoms with van der Waals surface area (Å²) in [6, 6.07) is 7.86. The Morgan fingerprint density at radius 2 is 1.94 bits per heavy atom. The summed E-state index contributed by atoms with van der Waals surface area (Å²) in [5, 5.41) is 3.08. The molecule has 96 valence electrons. The van der Waals surface area contributed by atoms with Crippen molar-refractivity contribution in [2.24, 2.45) is 0 Å². The van der Waals surface area contributed by atoms with Crippen molar-refractivity contribution in [2.45, 2.75) is 26.3 Å². The van der Waals surface area contributed by atoms with Crippen molar-refractivity contribution in [1.82, 2.24) is 9.78 Å². The van der Waals surface area contributed by atoms with E-state index in [2.05, 4.69) is 21.0 Å². The smallest absolute Gasteiger partial charge is 0.290 e. The van der Waals surface area contributed by atoms with E-state index in [0.717, 1.165) is 15.7 Å². The molecule has 18 heavy (non-hydrogen) atoms. The number of hydrogen-bond donors (Lipinski definition) is 2. The highest BCUT2D eigenvalue weighted by molar-refractivity contribution is 9.10. The van der Waals surface area contributed by atoms with E-state index in [1.807, 2.05) is 38.1 Å². The van der Waals surface area contributed by atoms with Crippen LogP contribution in [0.3, 0.4) is 0 Å². The van der Waals surface area contributed by atoms with Gasteiger partial charge in [0.05, 0.1) is 12.2 Å². The second-order valence-electron chi connectivity index (χ2n) is 4.61.